The lowest BCUT2D eigenvalue weighted by molar-refractivity contribution is 0.858. The summed E-state index contributed by atoms with van der Waals surface area (Å²) in [4.78, 5) is 4.28. The van der Waals surface area contributed by atoms with Crippen LogP contribution in [0, 0.1) is 0 Å². The third-order valence-electron chi connectivity index (χ3n) is 3.25. The summed E-state index contributed by atoms with van der Waals surface area (Å²) in [5, 5.41) is 6.58. The Balaban J connectivity index is 1.85. The number of hydrogen-bond acceptors (Lipinski definition) is 3. The van der Waals surface area contributed by atoms with Gasteiger partial charge in [-0.2, -0.15) is 5.10 Å². The molecule has 22 heavy (non-hydrogen) atoms. The molecule has 0 N–H and O–H groups in total. The summed E-state index contributed by atoms with van der Waals surface area (Å²) in [7, 11) is 0. The van der Waals surface area contributed by atoms with Crippen LogP contribution in [0.15, 0.2) is 90.2 Å². The van der Waals surface area contributed by atoms with Crippen LogP contribution in [0.5, 0.6) is 0 Å². The second-order valence-corrected chi connectivity index (χ2v) is 4.88. The molecule has 1 heterocycles. The Labute approximate surface area is 130 Å². The van der Waals surface area contributed by atoms with E-state index in [9.17, 15) is 0 Å². The van der Waals surface area contributed by atoms with Gasteiger partial charge in [-0.1, -0.05) is 54.6 Å². The number of rotatable bonds is 5. The zero-order valence-corrected chi connectivity index (χ0v) is 12.2. The van der Waals surface area contributed by atoms with Gasteiger partial charge in [0, 0.05) is 6.20 Å². The van der Waals surface area contributed by atoms with Gasteiger partial charge in [0.25, 0.3) is 0 Å². The van der Waals surface area contributed by atoms with Crippen LogP contribution in [0.25, 0.3) is 0 Å². The smallest absolute Gasteiger partial charge is 0.0830 e. The maximum atomic E-state index is 4.61. The third-order valence-corrected chi connectivity index (χ3v) is 3.25. The molecule has 1 aromatic heterocycles. The number of anilines is 1. The molecule has 0 fully saturated rings. The number of aromatic nitrogens is 1. The fourth-order valence-corrected chi connectivity index (χ4v) is 2.14. The summed E-state index contributed by atoms with van der Waals surface area (Å²) >= 11 is 0. The molecule has 0 aliphatic heterocycles. The van der Waals surface area contributed by atoms with Crippen molar-refractivity contribution in [2.24, 2.45) is 5.10 Å². The quantitative estimate of drug-likeness (QED) is 0.521. The molecule has 0 spiro atoms. The van der Waals surface area contributed by atoms with Gasteiger partial charge in [0.05, 0.1) is 24.1 Å². The van der Waals surface area contributed by atoms with Gasteiger partial charge in [0.15, 0.2) is 0 Å². The SMILES string of the molecule is C(=N/N(Cc1ccccc1)c1ccccc1)/c1ccccn1. The van der Waals surface area contributed by atoms with Crippen molar-refractivity contribution in [3.05, 3.63) is 96.3 Å². The highest BCUT2D eigenvalue weighted by Gasteiger charge is 2.05. The van der Waals surface area contributed by atoms with Crippen molar-refractivity contribution in [1.82, 2.24) is 4.98 Å². The van der Waals surface area contributed by atoms with E-state index >= 15 is 0 Å². The molecule has 3 heteroatoms. The number of nitrogens with zero attached hydrogens (tertiary/aromatic N) is 3. The third kappa shape index (κ3) is 3.79. The highest BCUT2D eigenvalue weighted by molar-refractivity contribution is 5.77. The second-order valence-electron chi connectivity index (χ2n) is 4.88. The van der Waals surface area contributed by atoms with Gasteiger partial charge in [-0.15, -0.1) is 0 Å². The standard InChI is InChI=1S/C19H17N3/c1-3-9-17(10-4-1)16-22(19-12-5-2-6-13-19)21-15-18-11-7-8-14-20-18/h1-15H,16H2/b21-15-. The van der Waals surface area contributed by atoms with E-state index in [1.807, 2.05) is 59.6 Å². The van der Waals surface area contributed by atoms with Gasteiger partial charge in [-0.05, 0) is 29.8 Å². The minimum atomic E-state index is 0.716. The van der Waals surface area contributed by atoms with Crippen LogP contribution < -0.4 is 5.01 Å². The summed E-state index contributed by atoms with van der Waals surface area (Å²) in [6.07, 6.45) is 3.56. The van der Waals surface area contributed by atoms with Crippen molar-refractivity contribution >= 4 is 11.9 Å². The molecule has 3 rings (SSSR count). The van der Waals surface area contributed by atoms with Crippen LogP contribution in [0.1, 0.15) is 11.3 Å². The lowest BCUT2D eigenvalue weighted by Crippen LogP contribution is -2.16. The highest BCUT2D eigenvalue weighted by atomic mass is 15.4. The summed E-state index contributed by atoms with van der Waals surface area (Å²) in [6, 6.07) is 26.3. The number of hydrogen-bond donors (Lipinski definition) is 0. The van der Waals surface area contributed by atoms with E-state index in [0.717, 1.165) is 11.4 Å². The van der Waals surface area contributed by atoms with Crippen LogP contribution in [-0.2, 0) is 6.54 Å². The molecule has 2 aromatic carbocycles. The fraction of sp³-hybridized carbons (Fsp3) is 0.0526. The molecule has 0 aliphatic carbocycles. The van der Waals surface area contributed by atoms with E-state index in [2.05, 4.69) is 34.4 Å². The Hall–Kier alpha value is -2.94. The molecule has 0 radical (unpaired) electrons. The van der Waals surface area contributed by atoms with Gasteiger partial charge < -0.3 is 0 Å². The summed E-state index contributed by atoms with van der Waals surface area (Å²) < 4.78 is 0. The Kier molecular flexibility index (Phi) is 4.57. The van der Waals surface area contributed by atoms with E-state index in [0.29, 0.717) is 6.54 Å². The zero-order valence-electron chi connectivity index (χ0n) is 12.2. The number of para-hydroxylation sites is 1. The lowest BCUT2D eigenvalue weighted by Gasteiger charge is -2.19. The first-order valence-electron chi connectivity index (χ1n) is 7.23. The summed E-state index contributed by atoms with van der Waals surface area (Å²) in [5.41, 5.74) is 3.11. The molecule has 3 aromatic rings. The minimum Gasteiger partial charge on any atom is -0.261 e. The molecular weight excluding hydrogens is 270 g/mol. The Morgan fingerprint density at radius 2 is 1.50 bits per heavy atom. The van der Waals surface area contributed by atoms with Crippen LogP contribution in [0.4, 0.5) is 5.69 Å². The van der Waals surface area contributed by atoms with Crippen LogP contribution in [-0.4, -0.2) is 11.2 Å². The van der Waals surface area contributed by atoms with Crippen molar-refractivity contribution < 1.29 is 0 Å². The predicted octanol–water partition coefficient (Wildman–Crippen LogP) is 4.12. The van der Waals surface area contributed by atoms with E-state index in [1.54, 1.807) is 12.4 Å². The Morgan fingerprint density at radius 1 is 0.818 bits per heavy atom. The molecule has 108 valence electrons. The molecule has 0 atom stereocenters. The van der Waals surface area contributed by atoms with Gasteiger partial charge >= 0.3 is 0 Å². The molecule has 3 nitrogen and oxygen atoms in total. The summed E-state index contributed by atoms with van der Waals surface area (Å²) in [5.74, 6) is 0. The van der Waals surface area contributed by atoms with Gasteiger partial charge in [-0.25, -0.2) is 0 Å². The van der Waals surface area contributed by atoms with Crippen molar-refractivity contribution in [2.75, 3.05) is 5.01 Å². The lowest BCUT2D eigenvalue weighted by atomic mass is 10.2. The average molecular weight is 287 g/mol. The van der Waals surface area contributed by atoms with Gasteiger partial charge in [0.1, 0.15) is 0 Å². The van der Waals surface area contributed by atoms with Crippen LogP contribution >= 0.6 is 0 Å². The van der Waals surface area contributed by atoms with Crippen molar-refractivity contribution in [2.45, 2.75) is 6.54 Å². The summed E-state index contributed by atoms with van der Waals surface area (Å²) in [6.45, 7) is 0.716. The Bertz CT molecular complexity index is 709. The van der Waals surface area contributed by atoms with E-state index in [4.69, 9.17) is 0 Å². The van der Waals surface area contributed by atoms with E-state index in [-0.39, 0.29) is 0 Å². The molecular formula is C19H17N3. The second kappa shape index (κ2) is 7.18. The molecule has 0 aliphatic rings. The first-order valence-corrected chi connectivity index (χ1v) is 7.23. The Morgan fingerprint density at radius 3 is 2.18 bits per heavy atom. The van der Waals surface area contributed by atoms with Gasteiger partial charge in [-0.3, -0.25) is 9.99 Å². The molecule has 0 unspecified atom stereocenters. The van der Waals surface area contributed by atoms with Crippen molar-refractivity contribution in [1.29, 1.82) is 0 Å². The van der Waals surface area contributed by atoms with Crippen molar-refractivity contribution in [3.63, 3.8) is 0 Å². The molecule has 0 bridgehead atoms. The first kappa shape index (κ1) is 14.0. The zero-order chi connectivity index (χ0) is 15.0. The monoisotopic (exact) mass is 287 g/mol. The fourth-order valence-electron chi connectivity index (χ4n) is 2.14. The van der Waals surface area contributed by atoms with E-state index in [1.165, 1.54) is 5.56 Å². The highest BCUT2D eigenvalue weighted by Crippen LogP contribution is 2.17. The van der Waals surface area contributed by atoms with Crippen molar-refractivity contribution in [3.8, 4) is 0 Å². The number of pyridine rings is 1. The largest absolute Gasteiger partial charge is 0.261 e. The van der Waals surface area contributed by atoms with Crippen LogP contribution in [0.3, 0.4) is 0 Å². The van der Waals surface area contributed by atoms with Crippen LogP contribution in [0.2, 0.25) is 0 Å². The van der Waals surface area contributed by atoms with Gasteiger partial charge in [0.2, 0.25) is 0 Å². The number of hydrazone groups is 1. The molecule has 0 saturated heterocycles. The molecule has 0 saturated carbocycles. The topological polar surface area (TPSA) is 28.5 Å². The first-order chi connectivity index (χ1) is 10.9. The predicted molar refractivity (Wildman–Crippen MR) is 90.9 cm³/mol. The van der Waals surface area contributed by atoms with E-state index < -0.39 is 0 Å². The normalized spacial score (nSPS) is 10.7. The minimum absolute atomic E-state index is 0.716. The molecule has 0 amide bonds. The maximum absolute atomic E-state index is 4.61. The maximum Gasteiger partial charge on any atom is 0.0830 e. The number of benzene rings is 2. The average Bonchev–Trinajstić information content (AvgIpc) is 2.61.